The van der Waals surface area contributed by atoms with Gasteiger partial charge >= 0.3 is 5.97 Å². The molecule has 0 heterocycles. The largest absolute Gasteiger partial charge is 0.461 e. The van der Waals surface area contributed by atoms with Crippen LogP contribution in [-0.2, 0) is 16.1 Å². The Morgan fingerprint density at radius 2 is 2.19 bits per heavy atom. The minimum absolute atomic E-state index is 0.162. The van der Waals surface area contributed by atoms with Crippen LogP contribution in [0.2, 0.25) is 5.02 Å². The van der Waals surface area contributed by atoms with Gasteiger partial charge in [0.15, 0.2) is 0 Å². The van der Waals surface area contributed by atoms with Gasteiger partial charge in [0.2, 0.25) is 0 Å². The Kier molecular flexibility index (Phi) is 6.35. The molecule has 0 saturated carbocycles. The SMILES string of the molecule is C#Cc1ccc(Cl)cc1COC(C)=O.N#N. The number of hydrogen-bond donors (Lipinski definition) is 0. The molecule has 0 aliphatic carbocycles. The van der Waals surface area contributed by atoms with Crippen LogP contribution in [0.15, 0.2) is 18.2 Å². The number of hydrogen-bond acceptors (Lipinski definition) is 4. The Labute approximate surface area is 98.6 Å². The molecule has 82 valence electrons. The van der Waals surface area contributed by atoms with E-state index in [0.717, 1.165) is 5.56 Å². The lowest BCUT2D eigenvalue weighted by Crippen LogP contribution is -2.00. The van der Waals surface area contributed by atoms with Gasteiger partial charge in [-0.25, -0.2) is 0 Å². The van der Waals surface area contributed by atoms with Crippen LogP contribution in [-0.4, -0.2) is 5.97 Å². The molecule has 4 nitrogen and oxygen atoms in total. The normalized spacial score (nSPS) is 8.19. The molecule has 0 radical (unpaired) electrons. The van der Waals surface area contributed by atoms with Crippen molar-refractivity contribution in [3.63, 3.8) is 0 Å². The molecule has 0 bridgehead atoms. The molecule has 0 aliphatic rings. The van der Waals surface area contributed by atoms with Gasteiger partial charge in [-0.1, -0.05) is 17.5 Å². The standard InChI is InChI=1S/C11H9ClO2.N2/c1-3-9-4-5-11(12)6-10(9)7-14-8(2)13;1-2/h1,4-6H,7H2,2H3;. The fourth-order valence-electron chi connectivity index (χ4n) is 1.00. The highest BCUT2D eigenvalue weighted by Gasteiger charge is 2.03. The summed E-state index contributed by atoms with van der Waals surface area (Å²) in [5, 5.41) is 12.6. The Balaban J connectivity index is 0.00000106. The smallest absolute Gasteiger partial charge is 0.302 e. The zero-order valence-corrected chi connectivity index (χ0v) is 9.36. The molecule has 0 fully saturated rings. The number of halogens is 1. The maximum absolute atomic E-state index is 10.6. The maximum Gasteiger partial charge on any atom is 0.302 e. The fraction of sp³-hybridized carbons (Fsp3) is 0.182. The first-order chi connectivity index (χ1) is 7.63. The van der Waals surface area contributed by atoms with Crippen LogP contribution in [0.4, 0.5) is 0 Å². The number of nitrogens with zero attached hydrogens (tertiary/aromatic N) is 2. The van der Waals surface area contributed by atoms with Crippen molar-refractivity contribution in [3.05, 3.63) is 34.3 Å². The van der Waals surface area contributed by atoms with E-state index in [-0.39, 0.29) is 12.6 Å². The number of terminal acetylenes is 1. The molecule has 0 unspecified atom stereocenters. The first-order valence-corrected chi connectivity index (χ1v) is 4.59. The van der Waals surface area contributed by atoms with Crippen molar-refractivity contribution >= 4 is 17.6 Å². The van der Waals surface area contributed by atoms with Gasteiger partial charge in [-0.15, -0.1) is 6.42 Å². The van der Waals surface area contributed by atoms with E-state index in [9.17, 15) is 4.79 Å². The Morgan fingerprint density at radius 3 is 2.69 bits per heavy atom. The van der Waals surface area contributed by atoms with E-state index in [2.05, 4.69) is 5.92 Å². The van der Waals surface area contributed by atoms with Crippen LogP contribution in [0.1, 0.15) is 18.1 Å². The van der Waals surface area contributed by atoms with Crippen LogP contribution in [0.3, 0.4) is 0 Å². The minimum Gasteiger partial charge on any atom is -0.461 e. The zero-order chi connectivity index (χ0) is 12.6. The summed E-state index contributed by atoms with van der Waals surface area (Å²) in [4.78, 5) is 10.6. The highest BCUT2D eigenvalue weighted by atomic mass is 35.5. The summed E-state index contributed by atoms with van der Waals surface area (Å²) in [6.07, 6.45) is 5.27. The predicted molar refractivity (Wildman–Crippen MR) is 58.3 cm³/mol. The first kappa shape index (κ1) is 14.0. The minimum atomic E-state index is -0.340. The number of carbonyl (C=O) groups is 1. The molecule has 5 heteroatoms. The Morgan fingerprint density at radius 1 is 1.56 bits per heavy atom. The molecule has 1 rings (SSSR count). The molecule has 0 aliphatic heterocycles. The number of carbonyl (C=O) groups excluding carboxylic acids is 1. The number of rotatable bonds is 2. The summed E-state index contributed by atoms with van der Waals surface area (Å²) in [6, 6.07) is 5.12. The van der Waals surface area contributed by atoms with Gasteiger partial charge < -0.3 is 4.74 Å². The lowest BCUT2D eigenvalue weighted by molar-refractivity contribution is -0.142. The molecule has 1 aromatic carbocycles. The highest BCUT2D eigenvalue weighted by Crippen LogP contribution is 2.16. The third kappa shape index (κ3) is 4.45. The average Bonchev–Trinajstić information content (AvgIpc) is 2.29. The second kappa shape index (κ2) is 7.28. The summed E-state index contributed by atoms with van der Waals surface area (Å²) in [6.45, 7) is 1.51. The second-order valence-corrected chi connectivity index (χ2v) is 3.16. The fourth-order valence-corrected chi connectivity index (χ4v) is 1.20. The van der Waals surface area contributed by atoms with Gasteiger partial charge in [0.25, 0.3) is 0 Å². The van der Waals surface area contributed by atoms with Gasteiger partial charge in [0, 0.05) is 33.9 Å². The van der Waals surface area contributed by atoms with Crippen molar-refractivity contribution in [1.82, 2.24) is 0 Å². The van der Waals surface area contributed by atoms with E-state index in [1.54, 1.807) is 18.2 Å². The lowest BCUT2D eigenvalue weighted by atomic mass is 10.1. The first-order valence-electron chi connectivity index (χ1n) is 4.22. The molecule has 1 aromatic rings. The average molecular weight is 237 g/mol. The van der Waals surface area contributed by atoms with E-state index < -0.39 is 0 Å². The van der Waals surface area contributed by atoms with E-state index in [1.165, 1.54) is 6.92 Å². The van der Waals surface area contributed by atoms with Crippen molar-refractivity contribution in [1.29, 1.82) is 10.8 Å². The number of esters is 1. The zero-order valence-electron chi connectivity index (χ0n) is 8.61. The van der Waals surface area contributed by atoms with Gasteiger partial charge in [0.05, 0.1) is 0 Å². The summed E-state index contributed by atoms with van der Waals surface area (Å²) in [7, 11) is 0. The summed E-state index contributed by atoms with van der Waals surface area (Å²) in [5.41, 5.74) is 1.44. The Bertz CT molecular complexity index is 435. The van der Waals surface area contributed by atoms with Crippen molar-refractivity contribution < 1.29 is 9.53 Å². The van der Waals surface area contributed by atoms with Crippen LogP contribution in [0.5, 0.6) is 0 Å². The quantitative estimate of drug-likeness (QED) is 0.449. The van der Waals surface area contributed by atoms with Crippen LogP contribution in [0, 0.1) is 23.1 Å². The lowest BCUT2D eigenvalue weighted by Gasteiger charge is -2.05. The van der Waals surface area contributed by atoms with E-state index in [4.69, 9.17) is 33.5 Å². The highest BCUT2D eigenvalue weighted by molar-refractivity contribution is 6.30. The number of benzene rings is 1. The van der Waals surface area contributed by atoms with Crippen molar-refractivity contribution in [2.45, 2.75) is 13.5 Å². The molecule has 0 amide bonds. The van der Waals surface area contributed by atoms with E-state index in [1.807, 2.05) is 0 Å². The van der Waals surface area contributed by atoms with Crippen LogP contribution < -0.4 is 0 Å². The van der Waals surface area contributed by atoms with Gasteiger partial charge in [-0.2, -0.15) is 0 Å². The van der Waals surface area contributed by atoms with Crippen molar-refractivity contribution in [3.8, 4) is 12.3 Å². The van der Waals surface area contributed by atoms with Crippen LogP contribution in [0.25, 0.3) is 0 Å². The summed E-state index contributed by atoms with van der Waals surface area (Å²) >= 11 is 5.78. The second-order valence-electron chi connectivity index (χ2n) is 2.73. The summed E-state index contributed by atoms with van der Waals surface area (Å²) in [5.74, 6) is 2.16. The van der Waals surface area contributed by atoms with Crippen molar-refractivity contribution in [2.75, 3.05) is 0 Å². The molecule has 0 spiro atoms. The molecular weight excluding hydrogens is 228 g/mol. The van der Waals surface area contributed by atoms with Gasteiger partial charge in [-0.3, -0.25) is 4.79 Å². The van der Waals surface area contributed by atoms with Gasteiger partial charge in [-0.05, 0) is 18.2 Å². The topological polar surface area (TPSA) is 73.9 Å². The van der Waals surface area contributed by atoms with Gasteiger partial charge in [0.1, 0.15) is 6.61 Å². The predicted octanol–water partition coefficient (Wildman–Crippen LogP) is 2.41. The molecule has 0 atom stereocenters. The van der Waals surface area contributed by atoms with E-state index in [0.29, 0.717) is 10.6 Å². The maximum atomic E-state index is 10.6. The third-order valence-electron chi connectivity index (χ3n) is 1.65. The molecule has 0 saturated heterocycles. The van der Waals surface area contributed by atoms with Crippen molar-refractivity contribution in [2.24, 2.45) is 0 Å². The van der Waals surface area contributed by atoms with Crippen LogP contribution >= 0.6 is 11.6 Å². The molecule has 0 aromatic heterocycles. The monoisotopic (exact) mass is 236 g/mol. The summed E-state index contributed by atoms with van der Waals surface area (Å²) < 4.78 is 4.83. The third-order valence-corrected chi connectivity index (χ3v) is 1.89. The molecular formula is C11H9ClN2O2. The Hall–Kier alpha value is -2.04. The van der Waals surface area contributed by atoms with E-state index >= 15 is 0 Å². The molecule has 16 heavy (non-hydrogen) atoms. The number of ether oxygens (including phenoxy) is 1. The molecule has 0 N–H and O–H groups in total.